The third-order valence-corrected chi connectivity index (χ3v) is 4.17. The molecule has 1 aliphatic heterocycles. The van der Waals surface area contributed by atoms with Crippen molar-refractivity contribution in [3.63, 3.8) is 0 Å². The van der Waals surface area contributed by atoms with Crippen molar-refractivity contribution in [1.82, 2.24) is 14.9 Å². The molecule has 110 valence electrons. The molecule has 2 N–H and O–H groups in total. The summed E-state index contributed by atoms with van der Waals surface area (Å²) in [5.41, 5.74) is 6.36. The number of halogens is 1. The second-order valence-corrected chi connectivity index (χ2v) is 6.07. The number of hydrogen-bond acceptors (Lipinski definition) is 4. The summed E-state index contributed by atoms with van der Waals surface area (Å²) in [4.78, 5) is 23.0. The minimum Gasteiger partial charge on any atom is -0.337 e. The van der Waals surface area contributed by atoms with Gasteiger partial charge >= 0.3 is 0 Å². The zero-order valence-electron chi connectivity index (χ0n) is 11.7. The topological polar surface area (TPSA) is 72.1 Å². The SMILES string of the molecule is CC1(CN)CCN(C(=O)c2ccnc(C3CC3)n2)C1.Cl. The molecule has 6 heteroatoms. The third kappa shape index (κ3) is 2.94. The Morgan fingerprint density at radius 2 is 2.30 bits per heavy atom. The molecule has 0 bridgehead atoms. The highest BCUT2D eigenvalue weighted by Crippen LogP contribution is 2.38. The average Bonchev–Trinajstić information content (AvgIpc) is 3.22. The van der Waals surface area contributed by atoms with Crippen molar-refractivity contribution in [2.75, 3.05) is 19.6 Å². The summed E-state index contributed by atoms with van der Waals surface area (Å²) in [6, 6.07) is 1.71. The van der Waals surface area contributed by atoms with Crippen molar-refractivity contribution < 1.29 is 4.79 Å². The molecule has 20 heavy (non-hydrogen) atoms. The maximum Gasteiger partial charge on any atom is 0.272 e. The molecule has 1 unspecified atom stereocenters. The molecule has 0 aromatic carbocycles. The summed E-state index contributed by atoms with van der Waals surface area (Å²) in [5, 5.41) is 0. The third-order valence-electron chi connectivity index (χ3n) is 4.17. The fraction of sp³-hybridized carbons (Fsp3) is 0.643. The molecule has 1 aromatic heterocycles. The minimum atomic E-state index is 0. The molecule has 1 saturated carbocycles. The second kappa shape index (κ2) is 5.66. The van der Waals surface area contributed by atoms with Gasteiger partial charge in [-0.3, -0.25) is 4.79 Å². The van der Waals surface area contributed by atoms with Crippen molar-refractivity contribution >= 4 is 18.3 Å². The van der Waals surface area contributed by atoms with Crippen molar-refractivity contribution in [1.29, 1.82) is 0 Å². The highest BCUT2D eigenvalue weighted by atomic mass is 35.5. The number of carbonyl (C=O) groups is 1. The van der Waals surface area contributed by atoms with E-state index in [0.717, 1.165) is 38.2 Å². The van der Waals surface area contributed by atoms with Crippen LogP contribution in [0.4, 0.5) is 0 Å². The Balaban J connectivity index is 0.00000147. The van der Waals surface area contributed by atoms with Crippen LogP contribution < -0.4 is 5.73 Å². The van der Waals surface area contributed by atoms with Crippen molar-refractivity contribution in [3.05, 3.63) is 23.8 Å². The number of rotatable bonds is 3. The summed E-state index contributed by atoms with van der Waals surface area (Å²) >= 11 is 0. The standard InChI is InChI=1S/C14H20N4O.ClH/c1-14(8-15)5-7-18(9-14)13(19)11-4-6-16-12(17-11)10-2-3-10;/h4,6,10H,2-3,5,7-9,15H2,1H3;1H. The van der Waals surface area contributed by atoms with Crippen molar-refractivity contribution in [2.45, 2.75) is 32.1 Å². The zero-order valence-corrected chi connectivity index (χ0v) is 12.5. The van der Waals surface area contributed by atoms with E-state index in [-0.39, 0.29) is 23.7 Å². The molecule has 1 saturated heterocycles. The van der Waals surface area contributed by atoms with Crippen LogP contribution in [0.3, 0.4) is 0 Å². The maximum absolute atomic E-state index is 12.4. The number of likely N-dealkylation sites (tertiary alicyclic amines) is 1. The van der Waals surface area contributed by atoms with Gasteiger partial charge in [0.05, 0.1) is 0 Å². The van der Waals surface area contributed by atoms with Crippen LogP contribution in [0.15, 0.2) is 12.3 Å². The van der Waals surface area contributed by atoms with Crippen LogP contribution in [0.2, 0.25) is 0 Å². The quantitative estimate of drug-likeness (QED) is 0.919. The molecular formula is C14H21ClN4O. The molecule has 5 nitrogen and oxygen atoms in total. The molecule has 2 fully saturated rings. The van der Waals surface area contributed by atoms with E-state index in [4.69, 9.17) is 5.73 Å². The lowest BCUT2D eigenvalue weighted by Gasteiger charge is -2.22. The molecule has 2 heterocycles. The summed E-state index contributed by atoms with van der Waals surface area (Å²) in [7, 11) is 0. The monoisotopic (exact) mass is 296 g/mol. The van der Waals surface area contributed by atoms with Crippen LogP contribution in [0.1, 0.15) is 48.4 Å². The Hall–Kier alpha value is -1.20. The lowest BCUT2D eigenvalue weighted by Crippen LogP contribution is -2.35. The lowest BCUT2D eigenvalue weighted by atomic mass is 9.90. The summed E-state index contributed by atoms with van der Waals surface area (Å²) in [6.07, 6.45) is 4.96. The van der Waals surface area contributed by atoms with Crippen molar-refractivity contribution in [2.24, 2.45) is 11.1 Å². The van der Waals surface area contributed by atoms with Crippen molar-refractivity contribution in [3.8, 4) is 0 Å². The number of nitrogens with two attached hydrogens (primary N) is 1. The summed E-state index contributed by atoms with van der Waals surface area (Å²) < 4.78 is 0. The average molecular weight is 297 g/mol. The Morgan fingerprint density at radius 3 is 2.90 bits per heavy atom. The van der Waals surface area contributed by atoms with E-state index in [9.17, 15) is 4.79 Å². The number of hydrogen-bond donors (Lipinski definition) is 1. The lowest BCUT2D eigenvalue weighted by molar-refractivity contribution is 0.0770. The van der Waals surface area contributed by atoms with E-state index < -0.39 is 0 Å². The van der Waals surface area contributed by atoms with E-state index in [1.807, 2.05) is 4.90 Å². The summed E-state index contributed by atoms with van der Waals surface area (Å²) in [6.45, 7) is 4.25. The Morgan fingerprint density at radius 1 is 1.55 bits per heavy atom. The molecule has 0 spiro atoms. The zero-order chi connectivity index (χ0) is 13.5. The van der Waals surface area contributed by atoms with Gasteiger partial charge in [-0.1, -0.05) is 6.92 Å². The van der Waals surface area contributed by atoms with E-state index >= 15 is 0 Å². The highest BCUT2D eigenvalue weighted by Gasteiger charge is 2.36. The maximum atomic E-state index is 12.4. The van der Waals surface area contributed by atoms with Crippen LogP contribution in [0, 0.1) is 5.41 Å². The van der Waals surface area contributed by atoms with Gasteiger partial charge in [-0.15, -0.1) is 12.4 Å². The van der Waals surface area contributed by atoms with Crippen LogP contribution >= 0.6 is 12.4 Å². The first-order valence-electron chi connectivity index (χ1n) is 6.94. The van der Waals surface area contributed by atoms with E-state index in [1.165, 1.54) is 0 Å². The number of nitrogens with zero attached hydrogens (tertiary/aromatic N) is 3. The van der Waals surface area contributed by atoms with Gasteiger partial charge in [-0.2, -0.15) is 0 Å². The molecule has 1 atom stereocenters. The largest absolute Gasteiger partial charge is 0.337 e. The summed E-state index contributed by atoms with van der Waals surface area (Å²) in [5.74, 6) is 1.31. The molecule has 2 aliphatic rings. The van der Waals surface area contributed by atoms with Crippen LogP contribution in [-0.2, 0) is 0 Å². The first-order chi connectivity index (χ1) is 9.11. The van der Waals surface area contributed by atoms with Gasteiger partial charge < -0.3 is 10.6 Å². The Labute approximate surface area is 125 Å². The smallest absolute Gasteiger partial charge is 0.272 e. The Kier molecular flexibility index (Phi) is 4.30. The molecule has 1 amide bonds. The number of carbonyl (C=O) groups excluding carboxylic acids is 1. The first-order valence-corrected chi connectivity index (χ1v) is 6.94. The van der Waals surface area contributed by atoms with Gasteiger partial charge in [-0.05, 0) is 37.3 Å². The fourth-order valence-corrected chi connectivity index (χ4v) is 2.56. The second-order valence-electron chi connectivity index (χ2n) is 6.07. The molecule has 1 aliphatic carbocycles. The van der Waals surface area contributed by atoms with Gasteiger partial charge in [0.25, 0.3) is 5.91 Å². The van der Waals surface area contributed by atoms with Gasteiger partial charge in [-0.25, -0.2) is 9.97 Å². The predicted molar refractivity (Wildman–Crippen MR) is 78.9 cm³/mol. The normalized spacial score (nSPS) is 25.4. The van der Waals surface area contributed by atoms with Crippen LogP contribution in [0.25, 0.3) is 0 Å². The molecule has 3 rings (SSSR count). The number of aromatic nitrogens is 2. The van der Waals surface area contributed by atoms with Gasteiger partial charge in [0.1, 0.15) is 11.5 Å². The highest BCUT2D eigenvalue weighted by molar-refractivity contribution is 5.92. The van der Waals surface area contributed by atoms with Gasteiger partial charge in [0.15, 0.2) is 0 Å². The fourth-order valence-electron chi connectivity index (χ4n) is 2.56. The first kappa shape index (κ1) is 15.2. The number of amides is 1. The van der Waals surface area contributed by atoms with E-state index in [1.54, 1.807) is 12.3 Å². The molecule has 0 radical (unpaired) electrons. The molecule has 1 aromatic rings. The van der Waals surface area contributed by atoms with E-state index in [2.05, 4.69) is 16.9 Å². The van der Waals surface area contributed by atoms with E-state index in [0.29, 0.717) is 18.2 Å². The van der Waals surface area contributed by atoms with Gasteiger partial charge in [0.2, 0.25) is 0 Å². The Bertz CT molecular complexity index is 506. The van der Waals surface area contributed by atoms with Crippen LogP contribution in [-0.4, -0.2) is 40.4 Å². The molecular weight excluding hydrogens is 276 g/mol. The van der Waals surface area contributed by atoms with Gasteiger partial charge in [0, 0.05) is 25.2 Å². The minimum absolute atomic E-state index is 0. The predicted octanol–water partition coefficient (Wildman–Crippen LogP) is 1.59. The van der Waals surface area contributed by atoms with Crippen LogP contribution in [0.5, 0.6) is 0 Å².